The van der Waals surface area contributed by atoms with Crippen LogP contribution in [-0.4, -0.2) is 91.2 Å². The molecule has 3 aliphatic heterocycles. The molecule has 0 saturated carbocycles. The van der Waals surface area contributed by atoms with Crippen LogP contribution in [0.4, 0.5) is 0 Å². The number of amides is 2. The number of aromatic nitrogens is 3. The second-order valence-corrected chi connectivity index (χ2v) is 10.5. The third-order valence-corrected chi connectivity index (χ3v) is 8.24. The quantitative estimate of drug-likeness (QED) is 0.266. The Morgan fingerprint density at radius 3 is 2.84 bits per heavy atom. The number of carbonyl (C=O) groups excluding carboxylic acids is 3. The number of aliphatic hydroxyl groups is 1. The van der Waals surface area contributed by atoms with Crippen molar-refractivity contribution in [1.82, 2.24) is 24.8 Å². The van der Waals surface area contributed by atoms with E-state index < -0.39 is 35.0 Å². The van der Waals surface area contributed by atoms with Gasteiger partial charge in [-0.1, -0.05) is 23.4 Å². The number of para-hydroxylation sites is 1. The summed E-state index contributed by atoms with van der Waals surface area (Å²) in [6.45, 7) is 8.20. The summed E-state index contributed by atoms with van der Waals surface area (Å²) in [7, 11) is 0. The van der Waals surface area contributed by atoms with E-state index in [1.54, 1.807) is 27.5 Å². The Labute approximate surface area is 221 Å². The first-order valence-corrected chi connectivity index (χ1v) is 13.3. The van der Waals surface area contributed by atoms with Crippen molar-refractivity contribution in [3.63, 3.8) is 0 Å². The lowest BCUT2D eigenvalue weighted by Crippen LogP contribution is -2.56. The van der Waals surface area contributed by atoms with Gasteiger partial charge in [-0.05, 0) is 51.7 Å². The van der Waals surface area contributed by atoms with Crippen LogP contribution < -0.4 is 0 Å². The maximum atomic E-state index is 14.4. The minimum absolute atomic E-state index is 0.0167. The highest BCUT2D eigenvalue weighted by atomic mass is 16.6. The molecule has 3 saturated heterocycles. The smallest absolute Gasteiger partial charge is 0.312 e. The number of nitrogens with zero attached hydrogens (tertiary/aromatic N) is 5. The van der Waals surface area contributed by atoms with Gasteiger partial charge in [-0.2, -0.15) is 0 Å². The summed E-state index contributed by atoms with van der Waals surface area (Å²) < 4.78 is 13.6. The second-order valence-electron chi connectivity index (χ2n) is 10.5. The summed E-state index contributed by atoms with van der Waals surface area (Å²) >= 11 is 0. The highest BCUT2D eigenvalue weighted by Crippen LogP contribution is 2.63. The molecule has 2 amide bonds. The zero-order chi connectivity index (χ0) is 27.1. The van der Waals surface area contributed by atoms with Crippen molar-refractivity contribution in [2.45, 2.75) is 63.4 Å². The molecule has 11 heteroatoms. The van der Waals surface area contributed by atoms with E-state index in [2.05, 4.69) is 16.9 Å². The van der Waals surface area contributed by atoms with Gasteiger partial charge in [0.25, 0.3) is 0 Å². The SMILES string of the molecule is C=CCN(Cn1nnc2ccccc21)C(=O)C1N(CCCCO)C(=O)[C@@H]2[C@@H](C(=O)OCC)[C@@]3(C)CCC12O3. The minimum Gasteiger partial charge on any atom is -0.466 e. The van der Waals surface area contributed by atoms with Crippen LogP contribution in [-0.2, 0) is 30.5 Å². The van der Waals surface area contributed by atoms with E-state index in [4.69, 9.17) is 9.47 Å². The van der Waals surface area contributed by atoms with Gasteiger partial charge in [-0.25, -0.2) is 4.68 Å². The van der Waals surface area contributed by atoms with Crippen LogP contribution in [0.1, 0.15) is 39.5 Å². The fraction of sp³-hybridized carbons (Fsp3) is 0.593. The average molecular weight is 526 g/mol. The Balaban J connectivity index is 1.52. The van der Waals surface area contributed by atoms with Crippen molar-refractivity contribution in [3.05, 3.63) is 36.9 Å². The van der Waals surface area contributed by atoms with Gasteiger partial charge >= 0.3 is 5.97 Å². The molecule has 0 radical (unpaired) electrons. The fourth-order valence-corrected chi connectivity index (χ4v) is 6.66. The van der Waals surface area contributed by atoms with E-state index in [1.807, 2.05) is 31.2 Å². The number of fused-ring (bicyclic) bond motifs is 2. The molecule has 4 heterocycles. The summed E-state index contributed by atoms with van der Waals surface area (Å²) in [5, 5.41) is 17.8. The van der Waals surface area contributed by atoms with Gasteiger partial charge in [0.15, 0.2) is 0 Å². The van der Waals surface area contributed by atoms with E-state index in [9.17, 15) is 19.5 Å². The summed E-state index contributed by atoms with van der Waals surface area (Å²) in [5.41, 5.74) is -0.528. The van der Waals surface area contributed by atoms with E-state index in [0.29, 0.717) is 31.2 Å². The summed E-state index contributed by atoms with van der Waals surface area (Å²) in [6.07, 6.45) is 3.67. The Bertz CT molecular complexity index is 1250. The van der Waals surface area contributed by atoms with Gasteiger partial charge < -0.3 is 24.4 Å². The van der Waals surface area contributed by atoms with Gasteiger partial charge in [0.2, 0.25) is 11.8 Å². The van der Waals surface area contributed by atoms with E-state index in [1.165, 1.54) is 0 Å². The molecule has 1 aromatic carbocycles. The topological polar surface area (TPSA) is 127 Å². The Kier molecular flexibility index (Phi) is 6.99. The largest absolute Gasteiger partial charge is 0.466 e. The second kappa shape index (κ2) is 10.1. The molecule has 5 atom stereocenters. The molecule has 2 unspecified atom stereocenters. The van der Waals surface area contributed by atoms with E-state index in [0.717, 1.165) is 5.52 Å². The van der Waals surface area contributed by atoms with Gasteiger partial charge in [-0.3, -0.25) is 14.4 Å². The lowest BCUT2D eigenvalue weighted by molar-refractivity contribution is -0.160. The first kappa shape index (κ1) is 26.3. The summed E-state index contributed by atoms with van der Waals surface area (Å²) in [4.78, 5) is 44.6. The monoisotopic (exact) mass is 525 g/mol. The van der Waals surface area contributed by atoms with Gasteiger partial charge in [-0.15, -0.1) is 11.7 Å². The minimum atomic E-state index is -1.14. The van der Waals surface area contributed by atoms with Crippen molar-refractivity contribution < 1.29 is 29.0 Å². The van der Waals surface area contributed by atoms with Gasteiger partial charge in [0.1, 0.15) is 29.7 Å². The number of hydrogen-bond donors (Lipinski definition) is 1. The van der Waals surface area contributed by atoms with Crippen LogP contribution in [0.3, 0.4) is 0 Å². The first-order chi connectivity index (χ1) is 18.3. The van der Waals surface area contributed by atoms with Gasteiger partial charge in [0, 0.05) is 19.7 Å². The molecule has 1 N–H and O–H groups in total. The number of rotatable bonds is 11. The zero-order valence-electron chi connectivity index (χ0n) is 21.9. The van der Waals surface area contributed by atoms with Crippen LogP contribution in [0.15, 0.2) is 36.9 Å². The molecule has 2 aromatic rings. The van der Waals surface area contributed by atoms with Crippen molar-refractivity contribution in [2.75, 3.05) is 26.3 Å². The molecule has 3 aliphatic rings. The average Bonchev–Trinajstić information content (AvgIpc) is 3.60. The van der Waals surface area contributed by atoms with Crippen molar-refractivity contribution >= 4 is 28.8 Å². The number of unbranched alkanes of at least 4 members (excludes halogenated alkanes) is 1. The maximum Gasteiger partial charge on any atom is 0.312 e. The molecule has 5 rings (SSSR count). The fourth-order valence-electron chi connectivity index (χ4n) is 6.66. The van der Waals surface area contributed by atoms with Crippen LogP contribution in [0.2, 0.25) is 0 Å². The zero-order valence-corrected chi connectivity index (χ0v) is 21.9. The lowest BCUT2D eigenvalue weighted by atomic mass is 9.66. The summed E-state index contributed by atoms with van der Waals surface area (Å²) in [5.74, 6) is -2.61. The molecule has 1 spiro atoms. The standard InChI is InChI=1S/C27H35N5O6/c1-4-14-30(17-32-19-11-7-6-10-18(19)28-29-32)24(35)22-27-13-12-26(3,38-27)21(25(36)37-5-2)20(27)23(34)31(22)15-8-9-16-33/h4,6-7,10-11,20-22,33H,1,5,8-9,12-17H2,2-3H3/t20-,21-,22?,26+,27?/m0/s1. The number of aliphatic hydroxyl groups excluding tert-OH is 1. The highest BCUT2D eigenvalue weighted by Gasteiger charge is 2.78. The molecule has 1 aromatic heterocycles. The number of esters is 1. The molecule has 11 nitrogen and oxygen atoms in total. The van der Waals surface area contributed by atoms with Gasteiger partial charge in [0.05, 0.1) is 23.6 Å². The Morgan fingerprint density at radius 1 is 1.32 bits per heavy atom. The molecule has 204 valence electrons. The highest BCUT2D eigenvalue weighted by molar-refractivity contribution is 5.98. The summed E-state index contributed by atoms with van der Waals surface area (Å²) in [6, 6.07) is 6.56. The van der Waals surface area contributed by atoms with E-state index >= 15 is 0 Å². The van der Waals surface area contributed by atoms with E-state index in [-0.39, 0.29) is 44.8 Å². The Morgan fingerprint density at radius 2 is 2.11 bits per heavy atom. The lowest BCUT2D eigenvalue weighted by Gasteiger charge is -2.36. The first-order valence-electron chi connectivity index (χ1n) is 13.3. The normalized spacial score (nSPS) is 29.6. The van der Waals surface area contributed by atoms with Crippen LogP contribution >= 0.6 is 0 Å². The molecule has 3 fully saturated rings. The third-order valence-electron chi connectivity index (χ3n) is 8.24. The van der Waals surface area contributed by atoms with Crippen LogP contribution in [0.25, 0.3) is 11.0 Å². The number of ether oxygens (including phenoxy) is 2. The van der Waals surface area contributed by atoms with Crippen molar-refractivity contribution in [2.24, 2.45) is 11.8 Å². The van der Waals surface area contributed by atoms with Crippen LogP contribution in [0.5, 0.6) is 0 Å². The number of carbonyl (C=O) groups is 3. The number of benzene rings is 1. The molecular formula is C27H35N5O6. The molecule has 38 heavy (non-hydrogen) atoms. The Hall–Kier alpha value is -3.31. The van der Waals surface area contributed by atoms with Crippen LogP contribution in [0, 0.1) is 11.8 Å². The molecule has 0 aliphatic carbocycles. The van der Waals surface area contributed by atoms with Crippen molar-refractivity contribution in [3.8, 4) is 0 Å². The number of likely N-dealkylation sites (tertiary alicyclic amines) is 1. The van der Waals surface area contributed by atoms with Crippen molar-refractivity contribution in [1.29, 1.82) is 0 Å². The maximum absolute atomic E-state index is 14.4. The molecular weight excluding hydrogens is 490 g/mol. The number of hydrogen-bond acceptors (Lipinski definition) is 8. The predicted octanol–water partition coefficient (Wildman–Crippen LogP) is 1.50. The predicted molar refractivity (Wildman–Crippen MR) is 136 cm³/mol. The third kappa shape index (κ3) is 3.99. The molecule has 2 bridgehead atoms.